The quantitative estimate of drug-likeness (QED) is 0.447. The molecule has 1 aliphatic carbocycles. The molecule has 0 radical (unpaired) electrons. The molecule has 10 heavy (non-hydrogen) atoms. The van der Waals surface area contributed by atoms with Gasteiger partial charge in [-0.25, -0.2) is 4.39 Å². The average Bonchev–Trinajstić information content (AvgIpc) is 2.02. The first-order valence-electron chi connectivity index (χ1n) is 3.01. The second-order valence-electron chi connectivity index (χ2n) is 1.80. The summed E-state index contributed by atoms with van der Waals surface area (Å²) in [6, 6.07) is 0. The van der Waals surface area contributed by atoms with Crippen molar-refractivity contribution in [2.24, 2.45) is 0 Å². The molecule has 0 aromatic carbocycles. The highest BCUT2D eigenvalue weighted by atomic mass is 19.1. The van der Waals surface area contributed by atoms with Gasteiger partial charge >= 0.3 is 0 Å². The number of allylic oxidation sites excluding steroid dienone is 7. The molecule has 0 fully saturated rings. The van der Waals surface area contributed by atoms with Crippen LogP contribution in [0.15, 0.2) is 54.1 Å². The molecule has 0 heterocycles. The zero-order valence-corrected chi connectivity index (χ0v) is 5.42. The second-order valence-corrected chi connectivity index (χ2v) is 1.80. The average molecular weight is 134 g/mol. The van der Waals surface area contributed by atoms with Crippen LogP contribution in [0.2, 0.25) is 0 Å². The number of halogens is 1. The van der Waals surface area contributed by atoms with E-state index in [4.69, 9.17) is 0 Å². The Labute approximate surface area is 59.4 Å². The Balaban J connectivity index is 2.91. The molecule has 0 nitrogen and oxygen atoms in total. The fraction of sp³-hybridized carbons (Fsp3) is 0. The second kappa shape index (κ2) is 3.65. The molecule has 0 bridgehead atoms. The molecule has 1 heteroatoms. The van der Waals surface area contributed by atoms with Crippen molar-refractivity contribution in [1.82, 2.24) is 0 Å². The summed E-state index contributed by atoms with van der Waals surface area (Å²) in [7, 11) is 0. The van der Waals surface area contributed by atoms with Crippen molar-refractivity contribution < 1.29 is 4.39 Å². The lowest BCUT2D eigenvalue weighted by atomic mass is 10.4. The van der Waals surface area contributed by atoms with Crippen molar-refractivity contribution in [3.8, 4) is 0 Å². The Morgan fingerprint density at radius 1 is 1.10 bits per heavy atom. The van der Waals surface area contributed by atoms with Gasteiger partial charge in [0.1, 0.15) is 5.83 Å². The molecule has 1 aliphatic rings. The number of hydrogen-bond acceptors (Lipinski definition) is 0. The van der Waals surface area contributed by atoms with Gasteiger partial charge in [0, 0.05) is 6.08 Å². The summed E-state index contributed by atoms with van der Waals surface area (Å²) in [6.45, 7) is 0. The fourth-order valence-electron chi connectivity index (χ4n) is 0.563. The van der Waals surface area contributed by atoms with E-state index in [9.17, 15) is 4.39 Å². The molecular formula is C9H7F. The van der Waals surface area contributed by atoms with Crippen LogP contribution in [-0.4, -0.2) is 0 Å². The summed E-state index contributed by atoms with van der Waals surface area (Å²) in [6.07, 6.45) is 11.3. The zero-order valence-electron chi connectivity index (χ0n) is 5.42. The van der Waals surface area contributed by atoms with Gasteiger partial charge in [0.25, 0.3) is 0 Å². The van der Waals surface area contributed by atoms with Crippen LogP contribution in [0.4, 0.5) is 4.39 Å². The Morgan fingerprint density at radius 2 is 1.90 bits per heavy atom. The highest BCUT2D eigenvalue weighted by Crippen LogP contribution is 1.98. The SMILES string of the molecule is F/C1=C/C=C\C=C/C=C=C1. The van der Waals surface area contributed by atoms with Crippen LogP contribution in [0.25, 0.3) is 0 Å². The van der Waals surface area contributed by atoms with E-state index < -0.39 is 0 Å². The van der Waals surface area contributed by atoms with Crippen molar-refractivity contribution in [3.63, 3.8) is 0 Å². The minimum atomic E-state index is -0.281. The zero-order chi connectivity index (χ0) is 7.23. The molecular weight excluding hydrogens is 127 g/mol. The molecule has 0 unspecified atom stereocenters. The van der Waals surface area contributed by atoms with Crippen molar-refractivity contribution >= 4 is 0 Å². The Morgan fingerprint density at radius 3 is 2.80 bits per heavy atom. The van der Waals surface area contributed by atoms with Crippen molar-refractivity contribution in [3.05, 3.63) is 54.1 Å². The van der Waals surface area contributed by atoms with E-state index >= 15 is 0 Å². The third kappa shape index (κ3) is 2.29. The summed E-state index contributed by atoms with van der Waals surface area (Å²) in [5.41, 5.74) is 2.66. The Kier molecular flexibility index (Phi) is 2.48. The molecule has 0 saturated carbocycles. The fourth-order valence-corrected chi connectivity index (χ4v) is 0.563. The van der Waals surface area contributed by atoms with E-state index in [1.54, 1.807) is 24.3 Å². The molecule has 0 aromatic rings. The van der Waals surface area contributed by atoms with Crippen LogP contribution in [0.3, 0.4) is 0 Å². The van der Waals surface area contributed by atoms with Crippen LogP contribution in [0.1, 0.15) is 0 Å². The van der Waals surface area contributed by atoms with Crippen LogP contribution >= 0.6 is 0 Å². The van der Waals surface area contributed by atoms with Gasteiger partial charge in [0.05, 0.1) is 0 Å². The monoisotopic (exact) mass is 134 g/mol. The summed E-state index contributed by atoms with van der Waals surface area (Å²) in [5, 5.41) is 0. The van der Waals surface area contributed by atoms with Gasteiger partial charge in [0.15, 0.2) is 0 Å². The maximum atomic E-state index is 12.4. The van der Waals surface area contributed by atoms with Gasteiger partial charge in [-0.1, -0.05) is 24.3 Å². The molecule has 0 aliphatic heterocycles. The lowest BCUT2D eigenvalue weighted by Crippen LogP contribution is -1.58. The van der Waals surface area contributed by atoms with E-state index in [1.165, 1.54) is 12.2 Å². The van der Waals surface area contributed by atoms with Gasteiger partial charge in [0.2, 0.25) is 0 Å². The molecule has 0 atom stereocenters. The Bertz CT molecular complexity index is 248. The highest BCUT2D eigenvalue weighted by Gasteiger charge is 1.80. The van der Waals surface area contributed by atoms with Gasteiger partial charge < -0.3 is 0 Å². The summed E-state index contributed by atoms with van der Waals surface area (Å²) >= 11 is 0. The number of rotatable bonds is 0. The third-order valence-electron chi connectivity index (χ3n) is 1.00. The lowest BCUT2D eigenvalue weighted by Gasteiger charge is -1.76. The topological polar surface area (TPSA) is 0 Å². The predicted molar refractivity (Wildman–Crippen MR) is 40.1 cm³/mol. The highest BCUT2D eigenvalue weighted by molar-refractivity contribution is 5.24. The van der Waals surface area contributed by atoms with E-state index in [0.717, 1.165) is 0 Å². The van der Waals surface area contributed by atoms with E-state index in [0.29, 0.717) is 0 Å². The first kappa shape index (κ1) is 6.79. The standard InChI is InChI=1S/C9H7F/c10-9-7-5-3-1-2-4-6-8-9/h1-5,7-8H/b2-1-,5-3-,9-7+. The minimum Gasteiger partial charge on any atom is -0.206 e. The van der Waals surface area contributed by atoms with E-state index in [1.807, 2.05) is 6.08 Å². The molecule has 0 aromatic heterocycles. The van der Waals surface area contributed by atoms with E-state index in [2.05, 4.69) is 5.73 Å². The first-order valence-corrected chi connectivity index (χ1v) is 3.01. The maximum Gasteiger partial charge on any atom is 0.130 e. The smallest absolute Gasteiger partial charge is 0.130 e. The van der Waals surface area contributed by atoms with Crippen LogP contribution < -0.4 is 0 Å². The van der Waals surface area contributed by atoms with Gasteiger partial charge in [-0.2, -0.15) is 0 Å². The Hall–Kier alpha value is -1.33. The van der Waals surface area contributed by atoms with Crippen LogP contribution in [-0.2, 0) is 0 Å². The van der Waals surface area contributed by atoms with Crippen LogP contribution in [0, 0.1) is 0 Å². The first-order chi connectivity index (χ1) is 4.89. The van der Waals surface area contributed by atoms with Gasteiger partial charge in [-0.05, 0) is 12.2 Å². The maximum absolute atomic E-state index is 12.4. The molecule has 1 rings (SSSR count). The molecule has 0 spiro atoms. The number of hydrogen-bond donors (Lipinski definition) is 0. The molecule has 0 saturated heterocycles. The molecule has 0 N–H and O–H groups in total. The van der Waals surface area contributed by atoms with Gasteiger partial charge in [-0.15, -0.1) is 5.73 Å². The van der Waals surface area contributed by atoms with Crippen molar-refractivity contribution in [2.75, 3.05) is 0 Å². The molecule has 50 valence electrons. The van der Waals surface area contributed by atoms with Crippen molar-refractivity contribution in [2.45, 2.75) is 0 Å². The van der Waals surface area contributed by atoms with Crippen LogP contribution in [0.5, 0.6) is 0 Å². The summed E-state index contributed by atoms with van der Waals surface area (Å²) in [4.78, 5) is 0. The normalized spacial score (nSPS) is 27.5. The van der Waals surface area contributed by atoms with E-state index in [-0.39, 0.29) is 5.83 Å². The van der Waals surface area contributed by atoms with Gasteiger partial charge in [-0.3, -0.25) is 0 Å². The summed E-state index contributed by atoms with van der Waals surface area (Å²) < 4.78 is 12.4. The minimum absolute atomic E-state index is 0.281. The molecule has 0 amide bonds. The summed E-state index contributed by atoms with van der Waals surface area (Å²) in [5.74, 6) is -0.281. The largest absolute Gasteiger partial charge is 0.206 e. The lowest BCUT2D eigenvalue weighted by molar-refractivity contribution is 0.667. The third-order valence-corrected chi connectivity index (χ3v) is 1.00. The predicted octanol–water partition coefficient (Wildman–Crippen LogP) is 2.68. The van der Waals surface area contributed by atoms with Crippen molar-refractivity contribution in [1.29, 1.82) is 0 Å².